The van der Waals surface area contributed by atoms with Crippen molar-refractivity contribution in [3.8, 4) is 0 Å². The van der Waals surface area contributed by atoms with Crippen LogP contribution in [0.15, 0.2) is 53.1 Å². The van der Waals surface area contributed by atoms with Crippen LogP contribution in [-0.2, 0) is 13.0 Å². The van der Waals surface area contributed by atoms with E-state index < -0.39 is 0 Å². The second kappa shape index (κ2) is 6.38. The number of nitrogens with zero attached hydrogens (tertiary/aromatic N) is 1. The smallest absolute Gasteiger partial charge is 0.117 e. The summed E-state index contributed by atoms with van der Waals surface area (Å²) in [4.78, 5) is 2.06. The molecule has 0 aliphatic rings. The van der Waals surface area contributed by atoms with E-state index in [0.717, 1.165) is 17.9 Å². The summed E-state index contributed by atoms with van der Waals surface area (Å²) in [7, 11) is 1.98. The number of likely N-dealkylation sites (N-methyl/N-ethyl adjacent to an activating group) is 1. The van der Waals surface area contributed by atoms with Gasteiger partial charge in [-0.05, 0) is 31.2 Å². The summed E-state index contributed by atoms with van der Waals surface area (Å²) >= 11 is 0. The van der Waals surface area contributed by atoms with Crippen LogP contribution in [-0.4, -0.2) is 29.7 Å². The van der Waals surface area contributed by atoms with Crippen LogP contribution in [0.5, 0.6) is 0 Å². The third kappa shape index (κ3) is 4.02. The van der Waals surface area contributed by atoms with Crippen molar-refractivity contribution in [2.45, 2.75) is 19.1 Å². The third-order valence-corrected chi connectivity index (χ3v) is 2.84. The highest BCUT2D eigenvalue weighted by atomic mass is 16.3. The monoisotopic (exact) mass is 245 g/mol. The minimum absolute atomic E-state index is 0.354. The molecule has 0 aliphatic carbocycles. The summed E-state index contributed by atoms with van der Waals surface area (Å²) in [5, 5.41) is 10.0. The summed E-state index contributed by atoms with van der Waals surface area (Å²) in [6.45, 7) is 1.36. The van der Waals surface area contributed by atoms with Crippen LogP contribution in [0.3, 0.4) is 0 Å². The largest absolute Gasteiger partial charge is 0.468 e. The van der Waals surface area contributed by atoms with Crippen molar-refractivity contribution in [2.24, 2.45) is 0 Å². The van der Waals surface area contributed by atoms with Crippen LogP contribution in [0.2, 0.25) is 0 Å². The van der Waals surface area contributed by atoms with Gasteiger partial charge < -0.3 is 9.52 Å². The molecule has 0 saturated carbocycles. The molecule has 0 fully saturated rings. The molecule has 0 spiro atoms. The molecule has 3 nitrogen and oxygen atoms in total. The van der Waals surface area contributed by atoms with E-state index in [9.17, 15) is 5.11 Å². The number of aliphatic hydroxyl groups excluding tert-OH is 1. The fourth-order valence-corrected chi connectivity index (χ4v) is 2.04. The SMILES string of the molecule is CN(Cc1ccco1)CC(O)Cc1ccccc1. The van der Waals surface area contributed by atoms with Crippen LogP contribution in [0.4, 0.5) is 0 Å². The first-order valence-electron chi connectivity index (χ1n) is 6.17. The highest BCUT2D eigenvalue weighted by Crippen LogP contribution is 2.07. The molecule has 1 atom stereocenters. The maximum atomic E-state index is 10.0. The Bertz CT molecular complexity index is 439. The topological polar surface area (TPSA) is 36.6 Å². The zero-order valence-corrected chi connectivity index (χ0v) is 10.6. The van der Waals surface area contributed by atoms with Gasteiger partial charge in [-0.15, -0.1) is 0 Å². The first-order valence-corrected chi connectivity index (χ1v) is 6.17. The molecule has 1 aromatic heterocycles. The number of furan rings is 1. The molecule has 1 aromatic carbocycles. The van der Waals surface area contributed by atoms with Crippen LogP contribution in [0, 0.1) is 0 Å². The predicted octanol–water partition coefficient (Wildman–Crippen LogP) is 2.32. The summed E-state index contributed by atoms with van der Waals surface area (Å²) in [5.74, 6) is 0.921. The van der Waals surface area contributed by atoms with Crippen LogP contribution >= 0.6 is 0 Å². The zero-order chi connectivity index (χ0) is 12.8. The van der Waals surface area contributed by atoms with E-state index in [2.05, 4.69) is 4.90 Å². The van der Waals surface area contributed by atoms with Gasteiger partial charge in [0.2, 0.25) is 0 Å². The Kier molecular flexibility index (Phi) is 4.56. The molecule has 1 unspecified atom stereocenters. The Morgan fingerprint density at radius 3 is 2.61 bits per heavy atom. The normalized spacial score (nSPS) is 12.8. The minimum atomic E-state index is -0.354. The van der Waals surface area contributed by atoms with Crippen molar-refractivity contribution in [3.63, 3.8) is 0 Å². The minimum Gasteiger partial charge on any atom is -0.468 e. The Balaban J connectivity index is 1.78. The average molecular weight is 245 g/mol. The van der Waals surface area contributed by atoms with Gasteiger partial charge in [0.15, 0.2) is 0 Å². The second-order valence-corrected chi connectivity index (χ2v) is 4.62. The van der Waals surface area contributed by atoms with Gasteiger partial charge in [0.05, 0.1) is 18.9 Å². The van der Waals surface area contributed by atoms with Crippen molar-refractivity contribution in [1.82, 2.24) is 4.90 Å². The molecule has 96 valence electrons. The number of rotatable bonds is 6. The van der Waals surface area contributed by atoms with Crippen molar-refractivity contribution < 1.29 is 9.52 Å². The predicted molar refractivity (Wildman–Crippen MR) is 71.2 cm³/mol. The van der Waals surface area contributed by atoms with E-state index >= 15 is 0 Å². The lowest BCUT2D eigenvalue weighted by Gasteiger charge is -2.19. The number of hydrogen-bond donors (Lipinski definition) is 1. The fourth-order valence-electron chi connectivity index (χ4n) is 2.04. The summed E-state index contributed by atoms with van der Waals surface area (Å²) in [6, 6.07) is 13.9. The second-order valence-electron chi connectivity index (χ2n) is 4.62. The van der Waals surface area contributed by atoms with Crippen LogP contribution in [0.25, 0.3) is 0 Å². The number of hydrogen-bond acceptors (Lipinski definition) is 3. The molecule has 0 radical (unpaired) electrons. The molecule has 18 heavy (non-hydrogen) atoms. The van der Waals surface area contributed by atoms with E-state index in [0.29, 0.717) is 13.0 Å². The zero-order valence-electron chi connectivity index (χ0n) is 10.6. The highest BCUT2D eigenvalue weighted by Gasteiger charge is 2.10. The summed E-state index contributed by atoms with van der Waals surface area (Å²) in [5.41, 5.74) is 1.16. The van der Waals surface area contributed by atoms with E-state index in [4.69, 9.17) is 4.42 Å². The molecule has 1 N–H and O–H groups in total. The van der Waals surface area contributed by atoms with Gasteiger partial charge in [-0.3, -0.25) is 4.90 Å². The first kappa shape index (κ1) is 12.9. The molecule has 0 amide bonds. The highest BCUT2D eigenvalue weighted by molar-refractivity contribution is 5.15. The quantitative estimate of drug-likeness (QED) is 0.848. The Labute approximate surface area is 108 Å². The van der Waals surface area contributed by atoms with E-state index in [1.807, 2.05) is 49.5 Å². The summed E-state index contributed by atoms with van der Waals surface area (Å²) < 4.78 is 5.28. The summed E-state index contributed by atoms with van der Waals surface area (Å²) in [6.07, 6.45) is 2.00. The molecule has 3 heteroatoms. The van der Waals surface area contributed by atoms with Crippen molar-refractivity contribution in [1.29, 1.82) is 0 Å². The molecule has 1 heterocycles. The lowest BCUT2D eigenvalue weighted by Crippen LogP contribution is -2.30. The number of aliphatic hydroxyl groups is 1. The molecule has 0 saturated heterocycles. The average Bonchev–Trinajstić information content (AvgIpc) is 2.82. The van der Waals surface area contributed by atoms with E-state index in [-0.39, 0.29) is 6.10 Å². The van der Waals surface area contributed by atoms with E-state index in [1.165, 1.54) is 0 Å². The van der Waals surface area contributed by atoms with Crippen molar-refractivity contribution in [3.05, 3.63) is 60.1 Å². The van der Waals surface area contributed by atoms with Gasteiger partial charge in [-0.1, -0.05) is 30.3 Å². The van der Waals surface area contributed by atoms with Gasteiger partial charge in [-0.2, -0.15) is 0 Å². The molecular weight excluding hydrogens is 226 g/mol. The van der Waals surface area contributed by atoms with Crippen LogP contribution in [0.1, 0.15) is 11.3 Å². The lowest BCUT2D eigenvalue weighted by molar-refractivity contribution is 0.119. The van der Waals surface area contributed by atoms with Crippen LogP contribution < -0.4 is 0 Å². The van der Waals surface area contributed by atoms with Gasteiger partial charge in [0.25, 0.3) is 0 Å². The van der Waals surface area contributed by atoms with E-state index in [1.54, 1.807) is 6.26 Å². The maximum Gasteiger partial charge on any atom is 0.117 e. The Morgan fingerprint density at radius 2 is 1.94 bits per heavy atom. The Hall–Kier alpha value is -1.58. The standard InChI is InChI=1S/C15H19NO2/c1-16(12-15-8-5-9-18-15)11-14(17)10-13-6-3-2-4-7-13/h2-9,14,17H,10-12H2,1H3. The first-order chi connectivity index (χ1) is 8.74. The van der Waals surface area contributed by atoms with Gasteiger partial charge in [0, 0.05) is 6.54 Å². The Morgan fingerprint density at radius 1 is 1.17 bits per heavy atom. The van der Waals surface area contributed by atoms with Crippen molar-refractivity contribution >= 4 is 0 Å². The number of benzene rings is 1. The van der Waals surface area contributed by atoms with Crippen molar-refractivity contribution in [2.75, 3.05) is 13.6 Å². The van der Waals surface area contributed by atoms with Gasteiger partial charge in [-0.25, -0.2) is 0 Å². The fraction of sp³-hybridized carbons (Fsp3) is 0.333. The molecule has 0 bridgehead atoms. The molecular formula is C15H19NO2. The maximum absolute atomic E-state index is 10.0. The third-order valence-electron chi connectivity index (χ3n) is 2.84. The molecule has 2 rings (SSSR count). The van der Waals surface area contributed by atoms with Gasteiger partial charge in [0.1, 0.15) is 5.76 Å². The molecule has 2 aromatic rings. The van der Waals surface area contributed by atoms with Gasteiger partial charge >= 0.3 is 0 Å². The lowest BCUT2D eigenvalue weighted by atomic mass is 10.1. The molecule has 0 aliphatic heterocycles.